The third-order valence-corrected chi connectivity index (χ3v) is 2.72. The summed E-state index contributed by atoms with van der Waals surface area (Å²) in [7, 11) is 3.68. The highest BCUT2D eigenvalue weighted by Crippen LogP contribution is 2.09. The molecule has 5 nitrogen and oxygen atoms in total. The fourth-order valence-electron chi connectivity index (χ4n) is 1.87. The van der Waals surface area contributed by atoms with Crippen LogP contribution >= 0.6 is 0 Å². The SMILES string of the molecule is CCCc1c(CNC)nnn1CCCCOC. The fourth-order valence-corrected chi connectivity index (χ4v) is 1.87. The lowest BCUT2D eigenvalue weighted by Gasteiger charge is -2.07. The third-order valence-electron chi connectivity index (χ3n) is 2.72. The topological polar surface area (TPSA) is 52.0 Å². The van der Waals surface area contributed by atoms with E-state index in [2.05, 4.69) is 22.6 Å². The van der Waals surface area contributed by atoms with Gasteiger partial charge in [-0.25, -0.2) is 4.68 Å². The molecule has 0 fully saturated rings. The van der Waals surface area contributed by atoms with Crippen molar-refractivity contribution in [2.24, 2.45) is 0 Å². The number of hydrogen-bond donors (Lipinski definition) is 1. The first kappa shape index (κ1) is 14.1. The van der Waals surface area contributed by atoms with Gasteiger partial charge in [0.1, 0.15) is 0 Å². The van der Waals surface area contributed by atoms with Crippen LogP contribution in [0.4, 0.5) is 0 Å². The molecular formula is C12H24N4O. The maximum atomic E-state index is 5.05. The Morgan fingerprint density at radius 2 is 2.18 bits per heavy atom. The number of methoxy groups -OCH3 is 1. The van der Waals surface area contributed by atoms with Crippen molar-refractivity contribution in [3.8, 4) is 0 Å². The van der Waals surface area contributed by atoms with E-state index in [1.165, 1.54) is 5.69 Å². The minimum Gasteiger partial charge on any atom is -0.385 e. The number of aromatic nitrogens is 3. The van der Waals surface area contributed by atoms with E-state index in [0.29, 0.717) is 0 Å². The molecule has 5 heteroatoms. The molecule has 0 unspecified atom stereocenters. The molecule has 1 N–H and O–H groups in total. The first-order valence-corrected chi connectivity index (χ1v) is 6.38. The molecule has 98 valence electrons. The van der Waals surface area contributed by atoms with Gasteiger partial charge in [-0.3, -0.25) is 0 Å². The number of nitrogens with zero attached hydrogens (tertiary/aromatic N) is 3. The van der Waals surface area contributed by atoms with Crippen molar-refractivity contribution in [2.45, 2.75) is 45.7 Å². The van der Waals surface area contributed by atoms with Crippen molar-refractivity contribution in [1.82, 2.24) is 20.3 Å². The molecule has 1 heterocycles. The van der Waals surface area contributed by atoms with Crippen molar-refractivity contribution in [3.05, 3.63) is 11.4 Å². The molecule has 17 heavy (non-hydrogen) atoms. The van der Waals surface area contributed by atoms with Crippen LogP contribution in [-0.2, 0) is 24.2 Å². The van der Waals surface area contributed by atoms with Crippen molar-refractivity contribution in [3.63, 3.8) is 0 Å². The molecule has 0 saturated heterocycles. The molecule has 0 amide bonds. The molecule has 0 bridgehead atoms. The monoisotopic (exact) mass is 240 g/mol. The molecule has 0 aromatic carbocycles. The normalized spacial score (nSPS) is 11.0. The first-order valence-electron chi connectivity index (χ1n) is 6.38. The second kappa shape index (κ2) is 8.20. The highest BCUT2D eigenvalue weighted by molar-refractivity contribution is 5.10. The summed E-state index contributed by atoms with van der Waals surface area (Å²) in [5, 5.41) is 11.6. The molecule has 1 aromatic heterocycles. The Bertz CT molecular complexity index is 311. The average Bonchev–Trinajstić information content (AvgIpc) is 2.69. The molecule has 0 saturated carbocycles. The van der Waals surface area contributed by atoms with Crippen molar-refractivity contribution < 1.29 is 4.74 Å². The smallest absolute Gasteiger partial charge is 0.0996 e. The summed E-state index contributed by atoms with van der Waals surface area (Å²) in [4.78, 5) is 0. The van der Waals surface area contributed by atoms with E-state index in [4.69, 9.17) is 4.74 Å². The fraction of sp³-hybridized carbons (Fsp3) is 0.833. The second-order valence-electron chi connectivity index (χ2n) is 4.19. The molecular weight excluding hydrogens is 216 g/mol. The lowest BCUT2D eigenvalue weighted by atomic mass is 10.2. The number of unbranched alkanes of at least 4 members (excludes halogenated alkanes) is 1. The summed E-state index contributed by atoms with van der Waals surface area (Å²) in [6, 6.07) is 0. The number of ether oxygens (including phenoxy) is 1. The lowest BCUT2D eigenvalue weighted by molar-refractivity contribution is 0.190. The van der Waals surface area contributed by atoms with Crippen molar-refractivity contribution >= 4 is 0 Å². The van der Waals surface area contributed by atoms with Crippen molar-refractivity contribution in [1.29, 1.82) is 0 Å². The zero-order valence-corrected chi connectivity index (χ0v) is 11.2. The number of nitrogens with one attached hydrogen (secondary N) is 1. The van der Waals surface area contributed by atoms with E-state index in [1.54, 1.807) is 7.11 Å². The van der Waals surface area contributed by atoms with Gasteiger partial charge in [0, 0.05) is 26.8 Å². The first-order chi connectivity index (χ1) is 8.33. The van der Waals surface area contributed by atoms with Gasteiger partial charge < -0.3 is 10.1 Å². The average molecular weight is 240 g/mol. The van der Waals surface area contributed by atoms with Crippen LogP contribution in [0.2, 0.25) is 0 Å². The Morgan fingerprint density at radius 3 is 2.82 bits per heavy atom. The van der Waals surface area contributed by atoms with Crippen LogP contribution in [0.1, 0.15) is 37.6 Å². The van der Waals surface area contributed by atoms with Crippen LogP contribution in [0.15, 0.2) is 0 Å². The van der Waals surface area contributed by atoms with Gasteiger partial charge in [0.15, 0.2) is 0 Å². The van der Waals surface area contributed by atoms with Crippen LogP contribution in [0.25, 0.3) is 0 Å². The highest BCUT2D eigenvalue weighted by Gasteiger charge is 2.10. The van der Waals surface area contributed by atoms with Gasteiger partial charge in [-0.05, 0) is 26.3 Å². The van der Waals surface area contributed by atoms with Gasteiger partial charge in [0.25, 0.3) is 0 Å². The van der Waals surface area contributed by atoms with Gasteiger partial charge in [0.2, 0.25) is 0 Å². The Hall–Kier alpha value is -0.940. The quantitative estimate of drug-likeness (QED) is 0.662. The summed E-state index contributed by atoms with van der Waals surface area (Å²) >= 11 is 0. The van der Waals surface area contributed by atoms with Gasteiger partial charge in [-0.15, -0.1) is 5.10 Å². The third kappa shape index (κ3) is 4.44. The van der Waals surface area contributed by atoms with Gasteiger partial charge in [0.05, 0.1) is 11.4 Å². The van der Waals surface area contributed by atoms with Crippen LogP contribution in [-0.4, -0.2) is 35.8 Å². The molecule has 0 atom stereocenters. The molecule has 1 aromatic rings. The van der Waals surface area contributed by atoms with Crippen LogP contribution in [0, 0.1) is 0 Å². The maximum absolute atomic E-state index is 5.05. The number of hydrogen-bond acceptors (Lipinski definition) is 4. The zero-order valence-electron chi connectivity index (χ0n) is 11.2. The molecule has 0 aliphatic heterocycles. The van der Waals surface area contributed by atoms with Gasteiger partial charge >= 0.3 is 0 Å². The Morgan fingerprint density at radius 1 is 1.35 bits per heavy atom. The predicted molar refractivity (Wildman–Crippen MR) is 67.9 cm³/mol. The minimum absolute atomic E-state index is 0.799. The molecule has 0 aliphatic carbocycles. The molecule has 1 rings (SSSR count). The summed E-state index contributed by atoms with van der Waals surface area (Å²) in [6.07, 6.45) is 4.34. The van der Waals surface area contributed by atoms with Crippen LogP contribution < -0.4 is 5.32 Å². The van der Waals surface area contributed by atoms with Crippen LogP contribution in [0.3, 0.4) is 0 Å². The summed E-state index contributed by atoms with van der Waals surface area (Å²) in [5.74, 6) is 0. The Labute approximate surface area is 104 Å². The van der Waals surface area contributed by atoms with Crippen molar-refractivity contribution in [2.75, 3.05) is 20.8 Å². The Balaban J connectivity index is 2.56. The van der Waals surface area contributed by atoms with E-state index < -0.39 is 0 Å². The van der Waals surface area contributed by atoms with Crippen LogP contribution in [0.5, 0.6) is 0 Å². The maximum Gasteiger partial charge on any atom is 0.0996 e. The van der Waals surface area contributed by atoms with E-state index in [9.17, 15) is 0 Å². The summed E-state index contributed by atoms with van der Waals surface area (Å²) in [6.45, 7) is 4.75. The predicted octanol–water partition coefficient (Wildman–Crippen LogP) is 1.38. The second-order valence-corrected chi connectivity index (χ2v) is 4.19. The van der Waals surface area contributed by atoms with E-state index in [-0.39, 0.29) is 0 Å². The zero-order chi connectivity index (χ0) is 12.5. The summed E-state index contributed by atoms with van der Waals surface area (Å²) in [5.41, 5.74) is 2.36. The number of rotatable bonds is 9. The molecule has 0 aliphatic rings. The molecule has 0 radical (unpaired) electrons. The molecule has 0 spiro atoms. The van der Waals surface area contributed by atoms with E-state index >= 15 is 0 Å². The number of aryl methyl sites for hydroxylation is 1. The standard InChI is InChI=1S/C12H24N4O/c1-4-7-12-11(10-13-2)14-15-16(12)8-5-6-9-17-3/h13H,4-10H2,1-3H3. The Kier molecular flexibility index (Phi) is 6.81. The summed E-state index contributed by atoms with van der Waals surface area (Å²) < 4.78 is 7.09. The van der Waals surface area contributed by atoms with E-state index in [0.717, 1.165) is 51.1 Å². The van der Waals surface area contributed by atoms with Gasteiger partial charge in [-0.1, -0.05) is 18.6 Å². The highest BCUT2D eigenvalue weighted by atomic mass is 16.5. The van der Waals surface area contributed by atoms with Gasteiger partial charge in [-0.2, -0.15) is 0 Å². The van der Waals surface area contributed by atoms with E-state index in [1.807, 2.05) is 11.7 Å². The lowest BCUT2D eigenvalue weighted by Crippen LogP contribution is -2.10. The largest absolute Gasteiger partial charge is 0.385 e. The minimum atomic E-state index is 0.799.